The van der Waals surface area contributed by atoms with E-state index < -0.39 is 10.0 Å². The van der Waals surface area contributed by atoms with Crippen molar-refractivity contribution in [3.8, 4) is 0 Å². The predicted octanol–water partition coefficient (Wildman–Crippen LogP) is 1.59. The maximum Gasteiger partial charge on any atom is 0.240 e. The number of likely N-dealkylation sites (tertiary alicyclic amines) is 1. The summed E-state index contributed by atoms with van der Waals surface area (Å²) in [5.41, 5.74) is 7.17. The van der Waals surface area contributed by atoms with E-state index in [1.54, 1.807) is 12.1 Å². The van der Waals surface area contributed by atoms with Crippen molar-refractivity contribution < 1.29 is 8.42 Å². The van der Waals surface area contributed by atoms with Crippen molar-refractivity contribution in [3.05, 3.63) is 23.8 Å². The third kappa shape index (κ3) is 4.43. The molecule has 3 N–H and O–H groups in total. The van der Waals surface area contributed by atoms with Crippen LogP contribution in [-0.2, 0) is 10.0 Å². The third-order valence-corrected chi connectivity index (χ3v) is 5.37. The van der Waals surface area contributed by atoms with Crippen LogP contribution in [0.4, 0.5) is 5.69 Å². The fourth-order valence-corrected chi connectivity index (χ4v) is 3.79. The predicted molar refractivity (Wildman–Crippen MR) is 85.6 cm³/mol. The van der Waals surface area contributed by atoms with Crippen LogP contribution in [0.15, 0.2) is 23.1 Å². The summed E-state index contributed by atoms with van der Waals surface area (Å²) in [7, 11) is -3.48. The van der Waals surface area contributed by atoms with Gasteiger partial charge in [0.1, 0.15) is 0 Å². The van der Waals surface area contributed by atoms with E-state index in [-0.39, 0.29) is 4.90 Å². The van der Waals surface area contributed by atoms with Gasteiger partial charge in [-0.2, -0.15) is 0 Å². The fraction of sp³-hybridized carbons (Fsp3) is 0.600. The number of anilines is 1. The van der Waals surface area contributed by atoms with Crippen molar-refractivity contribution in [2.24, 2.45) is 5.92 Å². The number of nitrogens with zero attached hydrogens (tertiary/aromatic N) is 1. The van der Waals surface area contributed by atoms with Gasteiger partial charge in [0.25, 0.3) is 0 Å². The molecule has 0 aromatic heterocycles. The molecule has 0 saturated carbocycles. The lowest BCUT2D eigenvalue weighted by atomic mass is 10.2. The Kier molecular flexibility index (Phi) is 5.24. The molecular formula is C15H25N3O2S. The Morgan fingerprint density at radius 2 is 2.00 bits per heavy atom. The molecule has 6 heteroatoms. The van der Waals surface area contributed by atoms with Crippen LogP contribution in [0.5, 0.6) is 0 Å². The van der Waals surface area contributed by atoms with Gasteiger partial charge in [0.15, 0.2) is 0 Å². The van der Waals surface area contributed by atoms with Crippen LogP contribution in [0.3, 0.4) is 0 Å². The molecule has 5 nitrogen and oxygen atoms in total. The first-order valence-electron chi connectivity index (χ1n) is 7.46. The van der Waals surface area contributed by atoms with Gasteiger partial charge in [-0.15, -0.1) is 0 Å². The summed E-state index contributed by atoms with van der Waals surface area (Å²) in [6.07, 6.45) is 2.50. The molecule has 1 heterocycles. The van der Waals surface area contributed by atoms with E-state index >= 15 is 0 Å². The largest absolute Gasteiger partial charge is 0.398 e. The molecule has 21 heavy (non-hydrogen) atoms. The van der Waals surface area contributed by atoms with Crippen molar-refractivity contribution in [1.29, 1.82) is 0 Å². The topological polar surface area (TPSA) is 75.4 Å². The van der Waals surface area contributed by atoms with Crippen molar-refractivity contribution in [3.63, 3.8) is 0 Å². The van der Waals surface area contributed by atoms with Gasteiger partial charge in [-0.25, -0.2) is 13.1 Å². The zero-order valence-corrected chi connectivity index (χ0v) is 13.6. The van der Waals surface area contributed by atoms with E-state index in [9.17, 15) is 8.42 Å². The lowest BCUT2D eigenvalue weighted by Crippen LogP contribution is -2.34. The highest BCUT2D eigenvalue weighted by Crippen LogP contribution is 2.17. The number of hydrogen-bond donors (Lipinski definition) is 2. The SMILES string of the molecule is Cc1ccc(S(=O)(=O)NCC(C)CN2CCCC2)cc1N. The Morgan fingerprint density at radius 3 is 2.62 bits per heavy atom. The molecule has 1 aromatic rings. The molecule has 0 bridgehead atoms. The number of nitrogens with two attached hydrogens (primary N) is 1. The molecule has 1 unspecified atom stereocenters. The highest BCUT2D eigenvalue weighted by Gasteiger charge is 2.18. The van der Waals surface area contributed by atoms with Gasteiger partial charge >= 0.3 is 0 Å². The van der Waals surface area contributed by atoms with Gasteiger partial charge in [0, 0.05) is 18.8 Å². The van der Waals surface area contributed by atoms with Gasteiger partial charge in [-0.3, -0.25) is 0 Å². The van der Waals surface area contributed by atoms with Crippen LogP contribution in [0.1, 0.15) is 25.3 Å². The minimum atomic E-state index is -3.48. The minimum Gasteiger partial charge on any atom is -0.398 e. The Bertz CT molecular complexity index is 581. The maximum atomic E-state index is 12.3. The lowest BCUT2D eigenvalue weighted by Gasteiger charge is -2.20. The number of sulfonamides is 1. The van der Waals surface area contributed by atoms with E-state index in [4.69, 9.17) is 5.73 Å². The first-order valence-corrected chi connectivity index (χ1v) is 8.95. The second-order valence-electron chi connectivity index (χ2n) is 5.98. The summed E-state index contributed by atoms with van der Waals surface area (Å²) in [4.78, 5) is 2.63. The van der Waals surface area contributed by atoms with Gasteiger partial charge in [-0.1, -0.05) is 13.0 Å². The zero-order chi connectivity index (χ0) is 15.5. The Hall–Kier alpha value is -1.11. The summed E-state index contributed by atoms with van der Waals surface area (Å²) in [5.74, 6) is 0.292. The number of benzene rings is 1. The Balaban J connectivity index is 1.92. The summed E-state index contributed by atoms with van der Waals surface area (Å²) in [6, 6.07) is 4.85. The molecule has 1 aliphatic heterocycles. The van der Waals surface area contributed by atoms with Gasteiger partial charge < -0.3 is 10.6 Å². The van der Waals surface area contributed by atoms with Crippen LogP contribution in [-0.4, -0.2) is 39.5 Å². The number of aryl methyl sites for hydroxylation is 1. The van der Waals surface area contributed by atoms with E-state index in [0.29, 0.717) is 18.2 Å². The summed E-state index contributed by atoms with van der Waals surface area (Å²) < 4.78 is 27.2. The van der Waals surface area contributed by atoms with E-state index in [1.807, 2.05) is 6.92 Å². The normalized spacial score (nSPS) is 18.0. The van der Waals surface area contributed by atoms with Crippen molar-refractivity contribution in [2.75, 3.05) is 31.9 Å². The van der Waals surface area contributed by atoms with Crippen LogP contribution < -0.4 is 10.5 Å². The number of hydrogen-bond acceptors (Lipinski definition) is 4. The molecule has 118 valence electrons. The third-order valence-electron chi connectivity index (χ3n) is 3.95. The first kappa shape index (κ1) is 16.3. The van der Waals surface area contributed by atoms with Crippen LogP contribution in [0, 0.1) is 12.8 Å². The van der Waals surface area contributed by atoms with Gasteiger partial charge in [0.05, 0.1) is 4.90 Å². The zero-order valence-electron chi connectivity index (χ0n) is 12.8. The summed E-state index contributed by atoms with van der Waals surface area (Å²) in [6.45, 7) is 7.59. The van der Waals surface area contributed by atoms with Crippen molar-refractivity contribution in [1.82, 2.24) is 9.62 Å². The molecule has 1 atom stereocenters. The Labute approximate surface area is 127 Å². The first-order chi connectivity index (χ1) is 9.88. The molecule has 2 rings (SSSR count). The summed E-state index contributed by atoms with van der Waals surface area (Å²) >= 11 is 0. The lowest BCUT2D eigenvalue weighted by molar-refractivity contribution is 0.288. The number of nitrogens with one attached hydrogen (secondary N) is 1. The second kappa shape index (κ2) is 6.77. The Morgan fingerprint density at radius 1 is 1.33 bits per heavy atom. The number of nitrogen functional groups attached to an aromatic ring is 1. The highest BCUT2D eigenvalue weighted by molar-refractivity contribution is 7.89. The van der Waals surface area contributed by atoms with Crippen LogP contribution in [0.25, 0.3) is 0 Å². The van der Waals surface area contributed by atoms with E-state index in [2.05, 4.69) is 16.5 Å². The number of rotatable bonds is 6. The molecule has 0 radical (unpaired) electrons. The molecule has 1 aromatic carbocycles. The molecule has 0 amide bonds. The van der Waals surface area contributed by atoms with Gasteiger partial charge in [0.2, 0.25) is 10.0 Å². The smallest absolute Gasteiger partial charge is 0.240 e. The standard InChI is InChI=1S/C15H25N3O2S/c1-12(11-18-7-3-4-8-18)10-17-21(19,20)14-6-5-13(2)15(16)9-14/h5-6,9,12,17H,3-4,7-8,10-11,16H2,1-2H3. The molecule has 0 aliphatic carbocycles. The monoisotopic (exact) mass is 311 g/mol. The highest BCUT2D eigenvalue weighted by atomic mass is 32.2. The van der Waals surface area contributed by atoms with Crippen LogP contribution in [0.2, 0.25) is 0 Å². The molecular weight excluding hydrogens is 286 g/mol. The van der Waals surface area contributed by atoms with Crippen molar-refractivity contribution in [2.45, 2.75) is 31.6 Å². The second-order valence-corrected chi connectivity index (χ2v) is 7.75. The fourth-order valence-electron chi connectivity index (χ4n) is 2.59. The quantitative estimate of drug-likeness (QED) is 0.782. The average Bonchev–Trinajstić information content (AvgIpc) is 2.92. The molecule has 1 saturated heterocycles. The average molecular weight is 311 g/mol. The molecule has 1 aliphatic rings. The minimum absolute atomic E-state index is 0.235. The van der Waals surface area contributed by atoms with Gasteiger partial charge in [-0.05, 0) is 56.5 Å². The summed E-state index contributed by atoms with van der Waals surface area (Å²) in [5, 5.41) is 0. The van der Waals surface area contributed by atoms with Crippen molar-refractivity contribution >= 4 is 15.7 Å². The van der Waals surface area contributed by atoms with E-state index in [1.165, 1.54) is 18.9 Å². The van der Waals surface area contributed by atoms with Crippen LogP contribution >= 0.6 is 0 Å². The molecule has 1 fully saturated rings. The van der Waals surface area contributed by atoms with E-state index in [0.717, 1.165) is 25.2 Å². The maximum absolute atomic E-state index is 12.3. The molecule has 0 spiro atoms.